The van der Waals surface area contributed by atoms with Gasteiger partial charge in [0, 0.05) is 35.4 Å². The molecule has 1 aliphatic rings. The number of hydrogen-bond donors (Lipinski definition) is 1. The van der Waals surface area contributed by atoms with Gasteiger partial charge in [-0.15, -0.1) is 17.8 Å². The lowest BCUT2D eigenvalue weighted by molar-refractivity contribution is -0.125. The summed E-state index contributed by atoms with van der Waals surface area (Å²) in [5.41, 5.74) is 4.11. The SMILES string of the molecule is C#CC1(C(C)C(=O)CCc2nc3ccc(C(=O)Nc4c(C)cccc4C)cc3s2)CCCCC1. The molecule has 4 rings (SSSR count). The smallest absolute Gasteiger partial charge is 0.255 e. The summed E-state index contributed by atoms with van der Waals surface area (Å²) in [7, 11) is 0. The molecule has 176 valence electrons. The molecule has 0 aliphatic heterocycles. The van der Waals surface area contributed by atoms with Gasteiger partial charge in [0.15, 0.2) is 0 Å². The third-order valence-electron chi connectivity index (χ3n) is 7.34. The minimum Gasteiger partial charge on any atom is -0.322 e. The Hall–Kier alpha value is -2.97. The van der Waals surface area contributed by atoms with Gasteiger partial charge in [0.25, 0.3) is 5.91 Å². The summed E-state index contributed by atoms with van der Waals surface area (Å²) >= 11 is 1.55. The quantitative estimate of drug-likeness (QED) is 0.381. The van der Waals surface area contributed by atoms with Crippen molar-refractivity contribution < 1.29 is 9.59 Å². The standard InChI is InChI=1S/C29H32N2O2S/c1-5-29(16-7-6-8-17-29)21(4)24(32)14-15-26-30-23-13-12-22(18-25(23)34-26)28(33)31-27-19(2)10-9-11-20(27)3/h1,9-13,18,21H,6-8,14-17H2,2-4H3,(H,31,33). The Balaban J connectivity index is 1.43. The first kappa shape index (κ1) is 24.2. The van der Waals surface area contributed by atoms with Crippen LogP contribution in [0.4, 0.5) is 5.69 Å². The van der Waals surface area contributed by atoms with Crippen molar-refractivity contribution in [3.05, 3.63) is 58.1 Å². The van der Waals surface area contributed by atoms with Gasteiger partial charge in [-0.3, -0.25) is 9.59 Å². The van der Waals surface area contributed by atoms with Crippen LogP contribution in [0.25, 0.3) is 10.2 Å². The highest BCUT2D eigenvalue weighted by atomic mass is 32.1. The van der Waals surface area contributed by atoms with Crippen LogP contribution in [0.3, 0.4) is 0 Å². The molecule has 2 aromatic carbocycles. The molecule has 0 radical (unpaired) electrons. The zero-order valence-electron chi connectivity index (χ0n) is 20.2. The molecule has 1 amide bonds. The van der Waals surface area contributed by atoms with Crippen LogP contribution < -0.4 is 5.32 Å². The van der Waals surface area contributed by atoms with Gasteiger partial charge in [-0.2, -0.15) is 0 Å². The maximum absolute atomic E-state index is 13.0. The first-order valence-electron chi connectivity index (χ1n) is 12.1. The second-order valence-corrected chi connectivity index (χ2v) is 10.7. The molecule has 5 heteroatoms. The number of nitrogens with zero attached hydrogens (tertiary/aromatic N) is 1. The Kier molecular flexibility index (Phi) is 7.19. The number of terminal acetylenes is 1. The van der Waals surface area contributed by atoms with Crippen molar-refractivity contribution in [1.82, 2.24) is 4.98 Å². The Morgan fingerprint density at radius 2 is 1.85 bits per heavy atom. The third-order valence-corrected chi connectivity index (χ3v) is 8.42. The number of amides is 1. The van der Waals surface area contributed by atoms with E-state index in [0.717, 1.165) is 57.7 Å². The van der Waals surface area contributed by atoms with Crippen molar-refractivity contribution in [2.24, 2.45) is 11.3 Å². The fourth-order valence-electron chi connectivity index (χ4n) is 5.06. The van der Waals surface area contributed by atoms with Crippen molar-refractivity contribution in [2.75, 3.05) is 5.32 Å². The number of carbonyl (C=O) groups is 2. The molecule has 0 saturated heterocycles. The number of para-hydroxylation sites is 1. The normalized spacial score (nSPS) is 16.1. The van der Waals surface area contributed by atoms with E-state index in [2.05, 4.69) is 11.2 Å². The van der Waals surface area contributed by atoms with Crippen LogP contribution in [0.5, 0.6) is 0 Å². The first-order valence-corrected chi connectivity index (χ1v) is 12.9. The number of fused-ring (bicyclic) bond motifs is 1. The Labute approximate surface area is 206 Å². The number of benzene rings is 2. The highest BCUT2D eigenvalue weighted by Gasteiger charge is 2.39. The number of aryl methyl sites for hydroxylation is 3. The minimum atomic E-state index is -0.277. The lowest BCUT2D eigenvalue weighted by Gasteiger charge is -2.37. The van der Waals surface area contributed by atoms with Crippen LogP contribution >= 0.6 is 11.3 Å². The summed E-state index contributed by atoms with van der Waals surface area (Å²) in [5.74, 6) is 2.96. The molecule has 1 N–H and O–H groups in total. The number of ketones is 1. The maximum atomic E-state index is 13.0. The largest absolute Gasteiger partial charge is 0.322 e. The van der Waals surface area contributed by atoms with Crippen molar-refractivity contribution in [2.45, 2.75) is 65.7 Å². The van der Waals surface area contributed by atoms with E-state index in [4.69, 9.17) is 11.4 Å². The molecule has 34 heavy (non-hydrogen) atoms. The highest BCUT2D eigenvalue weighted by molar-refractivity contribution is 7.18. The van der Waals surface area contributed by atoms with Gasteiger partial charge < -0.3 is 5.32 Å². The van der Waals surface area contributed by atoms with E-state index in [-0.39, 0.29) is 23.0 Å². The summed E-state index contributed by atoms with van der Waals surface area (Å²) < 4.78 is 0.956. The maximum Gasteiger partial charge on any atom is 0.255 e. The molecule has 0 bridgehead atoms. The van der Waals surface area contributed by atoms with Gasteiger partial charge in [-0.1, -0.05) is 50.3 Å². The topological polar surface area (TPSA) is 59.1 Å². The van der Waals surface area contributed by atoms with Crippen LogP contribution in [-0.2, 0) is 11.2 Å². The molecule has 4 nitrogen and oxygen atoms in total. The van der Waals surface area contributed by atoms with Gasteiger partial charge in [0.1, 0.15) is 5.78 Å². The zero-order valence-corrected chi connectivity index (χ0v) is 21.1. The number of nitrogens with one attached hydrogen (secondary N) is 1. The van der Waals surface area contributed by atoms with Gasteiger partial charge in [0.2, 0.25) is 0 Å². The molecule has 1 unspecified atom stereocenters. The molecular weight excluding hydrogens is 440 g/mol. The molecule has 0 spiro atoms. The Morgan fingerprint density at radius 3 is 2.53 bits per heavy atom. The second-order valence-electron chi connectivity index (χ2n) is 9.56. The number of rotatable bonds is 7. The monoisotopic (exact) mass is 472 g/mol. The first-order chi connectivity index (χ1) is 16.3. The summed E-state index contributed by atoms with van der Waals surface area (Å²) in [6, 6.07) is 11.5. The van der Waals surface area contributed by atoms with E-state index in [9.17, 15) is 9.59 Å². The van der Waals surface area contributed by atoms with Crippen LogP contribution in [-0.4, -0.2) is 16.7 Å². The fourth-order valence-corrected chi connectivity index (χ4v) is 6.06. The van der Waals surface area contributed by atoms with Crippen LogP contribution in [0, 0.1) is 37.5 Å². The number of thiazole rings is 1. The molecule has 1 fully saturated rings. The summed E-state index contributed by atoms with van der Waals surface area (Å²) in [6.07, 6.45) is 12.3. The molecule has 3 aromatic rings. The van der Waals surface area contributed by atoms with E-state index in [1.165, 1.54) is 6.42 Å². The number of aromatic nitrogens is 1. The van der Waals surface area contributed by atoms with E-state index in [1.54, 1.807) is 11.3 Å². The zero-order chi connectivity index (χ0) is 24.3. The van der Waals surface area contributed by atoms with Crippen molar-refractivity contribution >= 4 is 38.9 Å². The number of Topliss-reactive ketones (excluding diaryl/α,β-unsaturated/α-hetero) is 1. The summed E-state index contributed by atoms with van der Waals surface area (Å²) in [4.78, 5) is 30.6. The van der Waals surface area contributed by atoms with Crippen LogP contribution in [0.2, 0.25) is 0 Å². The molecule has 1 heterocycles. The molecular formula is C29H32N2O2S. The summed E-state index contributed by atoms with van der Waals surface area (Å²) in [6.45, 7) is 5.99. The molecule has 1 aliphatic carbocycles. The predicted molar refractivity (Wildman–Crippen MR) is 140 cm³/mol. The van der Waals surface area contributed by atoms with E-state index < -0.39 is 0 Å². The lowest BCUT2D eigenvalue weighted by Crippen LogP contribution is -2.35. The average molecular weight is 473 g/mol. The Bertz CT molecular complexity index is 1240. The van der Waals surface area contributed by atoms with Crippen molar-refractivity contribution in [3.8, 4) is 12.3 Å². The van der Waals surface area contributed by atoms with E-state index >= 15 is 0 Å². The predicted octanol–water partition coefficient (Wildman–Crippen LogP) is 6.89. The highest BCUT2D eigenvalue weighted by Crippen LogP contribution is 2.43. The van der Waals surface area contributed by atoms with Gasteiger partial charge in [0.05, 0.1) is 15.2 Å². The fraction of sp³-hybridized carbons (Fsp3) is 0.414. The van der Waals surface area contributed by atoms with Gasteiger partial charge in [-0.05, 0) is 56.0 Å². The molecule has 1 atom stereocenters. The average Bonchev–Trinajstić information content (AvgIpc) is 3.27. The number of anilines is 1. The van der Waals surface area contributed by atoms with Crippen LogP contribution in [0.1, 0.15) is 71.9 Å². The third kappa shape index (κ3) is 4.93. The van der Waals surface area contributed by atoms with E-state index in [1.807, 2.05) is 57.2 Å². The molecule has 1 aromatic heterocycles. The lowest BCUT2D eigenvalue weighted by atomic mass is 9.65. The Morgan fingerprint density at radius 1 is 1.15 bits per heavy atom. The van der Waals surface area contributed by atoms with Gasteiger partial charge >= 0.3 is 0 Å². The minimum absolute atomic E-state index is 0.118. The number of carbonyl (C=O) groups excluding carboxylic acids is 2. The van der Waals surface area contributed by atoms with E-state index in [0.29, 0.717) is 18.4 Å². The number of hydrogen-bond acceptors (Lipinski definition) is 4. The summed E-state index contributed by atoms with van der Waals surface area (Å²) in [5, 5.41) is 3.96. The molecule has 1 saturated carbocycles. The van der Waals surface area contributed by atoms with Gasteiger partial charge in [-0.25, -0.2) is 4.98 Å². The van der Waals surface area contributed by atoms with Crippen molar-refractivity contribution in [1.29, 1.82) is 0 Å². The van der Waals surface area contributed by atoms with Crippen LogP contribution in [0.15, 0.2) is 36.4 Å². The van der Waals surface area contributed by atoms with Crippen molar-refractivity contribution in [3.63, 3.8) is 0 Å². The second kappa shape index (κ2) is 10.1.